The van der Waals surface area contributed by atoms with Gasteiger partial charge in [0.1, 0.15) is 5.82 Å². The highest BCUT2D eigenvalue weighted by Crippen LogP contribution is 2.30. The molecule has 1 saturated carbocycles. The van der Waals surface area contributed by atoms with Crippen LogP contribution in [-0.2, 0) is 11.2 Å². The number of aryl methyl sites for hydroxylation is 1. The summed E-state index contributed by atoms with van der Waals surface area (Å²) in [4.78, 5) is 31.3. The number of hydrogen-bond acceptors (Lipinski definition) is 3. The molecule has 0 bridgehead atoms. The highest BCUT2D eigenvalue weighted by Gasteiger charge is 2.20. The van der Waals surface area contributed by atoms with Gasteiger partial charge in [-0.25, -0.2) is 4.98 Å². The molecule has 0 radical (unpaired) electrons. The van der Waals surface area contributed by atoms with Gasteiger partial charge < -0.3 is 10.3 Å². The van der Waals surface area contributed by atoms with E-state index in [1.54, 1.807) is 6.07 Å². The van der Waals surface area contributed by atoms with Gasteiger partial charge in [-0.3, -0.25) is 9.59 Å². The molecule has 1 aromatic carbocycles. The molecule has 1 aliphatic rings. The van der Waals surface area contributed by atoms with Gasteiger partial charge in [0.2, 0.25) is 5.91 Å². The van der Waals surface area contributed by atoms with E-state index in [4.69, 9.17) is 0 Å². The Balaban J connectivity index is 1.47. The van der Waals surface area contributed by atoms with Crippen LogP contribution < -0.4 is 10.9 Å². The van der Waals surface area contributed by atoms with Gasteiger partial charge in [0.25, 0.3) is 5.56 Å². The van der Waals surface area contributed by atoms with E-state index in [0.717, 1.165) is 12.5 Å². The number of hydrogen-bond donors (Lipinski definition) is 2. The van der Waals surface area contributed by atoms with Gasteiger partial charge in [-0.1, -0.05) is 38.3 Å². The number of carbonyl (C=O) groups excluding carboxylic acids is 1. The third-order valence-corrected chi connectivity index (χ3v) is 5.38. The molecule has 0 atom stereocenters. The van der Waals surface area contributed by atoms with Crippen LogP contribution in [0.1, 0.15) is 51.3 Å². The second-order valence-corrected chi connectivity index (χ2v) is 7.13. The number of nitrogens with zero attached hydrogens (tertiary/aromatic N) is 1. The molecule has 5 heteroatoms. The number of amides is 1. The summed E-state index contributed by atoms with van der Waals surface area (Å²) in [5.41, 5.74) is 0.531. The molecule has 0 spiro atoms. The topological polar surface area (TPSA) is 74.8 Å². The summed E-state index contributed by atoms with van der Waals surface area (Å²) < 4.78 is 0. The first-order chi connectivity index (χ1) is 12.2. The van der Waals surface area contributed by atoms with Gasteiger partial charge in [0.15, 0.2) is 0 Å². The van der Waals surface area contributed by atoms with E-state index in [1.165, 1.54) is 32.1 Å². The fourth-order valence-electron chi connectivity index (χ4n) is 3.68. The van der Waals surface area contributed by atoms with E-state index in [9.17, 15) is 9.59 Å². The van der Waals surface area contributed by atoms with Crippen molar-refractivity contribution < 1.29 is 4.79 Å². The summed E-state index contributed by atoms with van der Waals surface area (Å²) in [6.07, 6.45) is 7.10. The molecule has 1 aromatic heterocycles. The molecular weight excluding hydrogens is 314 g/mol. The average Bonchev–Trinajstić information content (AvgIpc) is 2.65. The van der Waals surface area contributed by atoms with Crippen LogP contribution in [0.3, 0.4) is 0 Å². The van der Waals surface area contributed by atoms with E-state index < -0.39 is 0 Å². The maximum atomic E-state index is 12.1. The van der Waals surface area contributed by atoms with Crippen molar-refractivity contribution in [2.24, 2.45) is 11.8 Å². The number of rotatable bonds is 6. The van der Waals surface area contributed by atoms with Crippen LogP contribution in [0.15, 0.2) is 29.1 Å². The lowest BCUT2D eigenvalue weighted by Gasteiger charge is -2.27. The summed E-state index contributed by atoms with van der Waals surface area (Å²) in [6.45, 7) is 3.04. The second-order valence-electron chi connectivity index (χ2n) is 7.13. The third-order valence-electron chi connectivity index (χ3n) is 5.38. The Morgan fingerprint density at radius 1 is 1.20 bits per heavy atom. The normalized spacial score (nSPS) is 20.5. The van der Waals surface area contributed by atoms with Crippen molar-refractivity contribution in [1.29, 1.82) is 0 Å². The average molecular weight is 341 g/mol. The number of aromatic nitrogens is 2. The molecule has 2 aromatic rings. The lowest BCUT2D eigenvalue weighted by molar-refractivity contribution is -0.121. The number of benzene rings is 1. The molecule has 1 fully saturated rings. The summed E-state index contributed by atoms with van der Waals surface area (Å²) in [5, 5.41) is 3.63. The Bertz CT molecular complexity index is 776. The Kier molecular flexibility index (Phi) is 5.84. The summed E-state index contributed by atoms with van der Waals surface area (Å²) in [7, 11) is 0. The monoisotopic (exact) mass is 341 g/mol. The van der Waals surface area contributed by atoms with Crippen molar-refractivity contribution in [3.63, 3.8) is 0 Å². The van der Waals surface area contributed by atoms with Crippen LogP contribution in [-0.4, -0.2) is 22.4 Å². The first-order valence-electron chi connectivity index (χ1n) is 9.40. The van der Waals surface area contributed by atoms with Crippen LogP contribution in [0.2, 0.25) is 0 Å². The minimum absolute atomic E-state index is 0.0356. The molecule has 25 heavy (non-hydrogen) atoms. The van der Waals surface area contributed by atoms with Crippen molar-refractivity contribution in [3.05, 3.63) is 40.4 Å². The van der Waals surface area contributed by atoms with Crippen molar-refractivity contribution in [3.8, 4) is 0 Å². The maximum Gasteiger partial charge on any atom is 0.258 e. The van der Waals surface area contributed by atoms with Gasteiger partial charge in [0.05, 0.1) is 10.9 Å². The third kappa shape index (κ3) is 4.68. The lowest BCUT2D eigenvalue weighted by Crippen LogP contribution is -2.31. The molecule has 134 valence electrons. The highest BCUT2D eigenvalue weighted by atomic mass is 16.1. The largest absolute Gasteiger partial charge is 0.356 e. The number of nitrogens with one attached hydrogen (secondary N) is 2. The molecule has 0 unspecified atom stereocenters. The first kappa shape index (κ1) is 17.6. The summed E-state index contributed by atoms with van der Waals surface area (Å²) in [6, 6.07) is 7.25. The SMILES string of the molecule is CCC1CCC(CNC(=O)CCc2nc3ccccc3c(=O)[nH]2)CC1. The van der Waals surface area contributed by atoms with Gasteiger partial charge in [-0.15, -0.1) is 0 Å². The predicted molar refractivity (Wildman–Crippen MR) is 99.4 cm³/mol. The number of H-pyrrole nitrogens is 1. The fraction of sp³-hybridized carbons (Fsp3) is 0.550. The number of aromatic amines is 1. The van der Waals surface area contributed by atoms with E-state index >= 15 is 0 Å². The van der Waals surface area contributed by atoms with Gasteiger partial charge >= 0.3 is 0 Å². The zero-order valence-corrected chi connectivity index (χ0v) is 14.9. The molecule has 1 heterocycles. The van der Waals surface area contributed by atoms with Crippen LogP contribution in [0.4, 0.5) is 0 Å². The van der Waals surface area contributed by atoms with Gasteiger partial charge in [0, 0.05) is 19.4 Å². The van der Waals surface area contributed by atoms with Crippen LogP contribution in [0, 0.1) is 11.8 Å². The molecule has 1 aliphatic carbocycles. The zero-order chi connectivity index (χ0) is 17.6. The Morgan fingerprint density at radius 2 is 1.92 bits per heavy atom. The van der Waals surface area contributed by atoms with E-state index in [2.05, 4.69) is 22.2 Å². The number of fused-ring (bicyclic) bond motifs is 1. The van der Waals surface area contributed by atoms with Gasteiger partial charge in [-0.2, -0.15) is 0 Å². The minimum Gasteiger partial charge on any atom is -0.356 e. The standard InChI is InChI=1S/C20H27N3O2/c1-2-14-7-9-15(10-8-14)13-21-19(24)12-11-18-22-17-6-4-3-5-16(17)20(25)23-18/h3-6,14-15H,2,7-13H2,1H3,(H,21,24)(H,22,23,25). The fourth-order valence-corrected chi connectivity index (χ4v) is 3.68. The molecule has 1 amide bonds. The predicted octanol–water partition coefficient (Wildman–Crippen LogP) is 3.19. The summed E-state index contributed by atoms with van der Waals surface area (Å²) in [5.74, 6) is 2.10. The molecule has 3 rings (SSSR count). The maximum absolute atomic E-state index is 12.1. The highest BCUT2D eigenvalue weighted by molar-refractivity contribution is 5.78. The molecular formula is C20H27N3O2. The van der Waals surface area contributed by atoms with Crippen LogP contribution in [0.5, 0.6) is 0 Å². The quantitative estimate of drug-likeness (QED) is 0.847. The van der Waals surface area contributed by atoms with Gasteiger partial charge in [-0.05, 0) is 36.8 Å². The van der Waals surface area contributed by atoms with Crippen molar-refractivity contribution >= 4 is 16.8 Å². The smallest absolute Gasteiger partial charge is 0.258 e. The van der Waals surface area contributed by atoms with E-state index in [-0.39, 0.29) is 11.5 Å². The van der Waals surface area contributed by atoms with E-state index in [0.29, 0.717) is 35.5 Å². The molecule has 5 nitrogen and oxygen atoms in total. The molecule has 2 N–H and O–H groups in total. The minimum atomic E-state index is -0.145. The van der Waals surface area contributed by atoms with Crippen molar-refractivity contribution in [2.75, 3.05) is 6.54 Å². The number of carbonyl (C=O) groups is 1. The first-order valence-corrected chi connectivity index (χ1v) is 9.40. The molecule has 0 aliphatic heterocycles. The van der Waals surface area contributed by atoms with Crippen LogP contribution in [0.25, 0.3) is 10.9 Å². The zero-order valence-electron chi connectivity index (χ0n) is 14.9. The van der Waals surface area contributed by atoms with Crippen LogP contribution >= 0.6 is 0 Å². The lowest BCUT2D eigenvalue weighted by atomic mass is 9.81. The Morgan fingerprint density at radius 3 is 2.68 bits per heavy atom. The Hall–Kier alpha value is -2.17. The Labute approximate surface area is 148 Å². The van der Waals surface area contributed by atoms with Crippen molar-refractivity contribution in [2.45, 2.75) is 51.9 Å². The molecule has 0 saturated heterocycles. The number of para-hydroxylation sites is 1. The van der Waals surface area contributed by atoms with Crippen molar-refractivity contribution in [1.82, 2.24) is 15.3 Å². The summed E-state index contributed by atoms with van der Waals surface area (Å²) >= 11 is 0. The van der Waals surface area contributed by atoms with E-state index in [1.807, 2.05) is 18.2 Å². The second kappa shape index (κ2) is 8.28.